The van der Waals surface area contributed by atoms with Gasteiger partial charge in [0.1, 0.15) is 5.56 Å². The molecule has 5 aromatic rings. The van der Waals surface area contributed by atoms with Crippen LogP contribution in [0.25, 0.3) is 11.1 Å². The first kappa shape index (κ1) is 34.3. The summed E-state index contributed by atoms with van der Waals surface area (Å²) in [5, 5.41) is 12.6. The zero-order chi connectivity index (χ0) is 34.5. The molecule has 252 valence electrons. The summed E-state index contributed by atoms with van der Waals surface area (Å²) in [6.45, 7) is -0.282. The highest BCUT2D eigenvalue weighted by atomic mass is 32.2. The third kappa shape index (κ3) is 7.83. The molecule has 0 spiro atoms. The molecule has 0 bridgehead atoms. The van der Waals surface area contributed by atoms with Crippen LogP contribution in [-0.4, -0.2) is 27.9 Å². The van der Waals surface area contributed by atoms with E-state index in [1.54, 1.807) is 36.2 Å². The molecule has 1 fully saturated rings. The van der Waals surface area contributed by atoms with Crippen LogP contribution >= 0.6 is 11.8 Å². The fraction of sp³-hybridized carbons (Fsp3) is 0.189. The molecule has 6 rings (SSSR count). The van der Waals surface area contributed by atoms with Crippen molar-refractivity contribution in [2.45, 2.75) is 43.1 Å². The molecule has 0 radical (unpaired) electrons. The van der Waals surface area contributed by atoms with Crippen LogP contribution in [0.3, 0.4) is 0 Å². The Kier molecular flexibility index (Phi) is 10.7. The maximum absolute atomic E-state index is 14.1. The Balaban J connectivity index is 1.16. The second-order valence-corrected chi connectivity index (χ2v) is 12.3. The Morgan fingerprint density at radius 2 is 1.47 bits per heavy atom. The van der Waals surface area contributed by atoms with E-state index in [1.165, 1.54) is 0 Å². The molecule has 4 aromatic carbocycles. The summed E-state index contributed by atoms with van der Waals surface area (Å²) in [4.78, 5) is 16.8. The lowest BCUT2D eigenvalue weighted by Crippen LogP contribution is -2.31. The van der Waals surface area contributed by atoms with Gasteiger partial charge in [-0.3, -0.25) is 4.79 Å². The molecule has 1 saturated heterocycles. The number of amides is 1. The normalized spacial score (nSPS) is 17.6. The zero-order valence-electron chi connectivity index (χ0n) is 25.7. The average molecular weight is 693 g/mol. The van der Waals surface area contributed by atoms with Crippen LogP contribution in [0.1, 0.15) is 51.4 Å². The minimum atomic E-state index is -2.33. The van der Waals surface area contributed by atoms with Crippen molar-refractivity contribution in [1.29, 1.82) is 0 Å². The first-order valence-electron chi connectivity index (χ1n) is 15.2. The molecule has 3 atom stereocenters. The number of aromatic nitrogens is 1. The standard InChI is InChI=1S/C37H29F5N2O4S/c38-31-30(32(39)34(41)35(42)33(31)40)36(46)44-18-22-4-3-5-26(16-22)23-11-13-25(14-12-23)37-47-27(20-49-29-6-1-2-15-43-29)17-28(48-37)24-9-7-21(19-45)8-10-24/h1-16,27-28,37,45H,17-20H2,(H,44,46)/t27-,28+,37+/m1/s1. The number of rotatable bonds is 10. The topological polar surface area (TPSA) is 80.7 Å². The molecule has 1 aliphatic heterocycles. The maximum atomic E-state index is 14.1. The molecule has 2 N–H and O–H groups in total. The van der Waals surface area contributed by atoms with Gasteiger partial charge in [-0.15, -0.1) is 11.8 Å². The van der Waals surface area contributed by atoms with Crippen molar-refractivity contribution in [2.24, 2.45) is 0 Å². The van der Waals surface area contributed by atoms with E-state index in [1.807, 2.05) is 72.8 Å². The smallest absolute Gasteiger partial charge is 0.257 e. The zero-order valence-corrected chi connectivity index (χ0v) is 26.5. The number of nitrogens with zero attached hydrogens (tertiary/aromatic N) is 1. The van der Waals surface area contributed by atoms with Crippen LogP contribution in [0.4, 0.5) is 22.0 Å². The summed E-state index contributed by atoms with van der Waals surface area (Å²) in [6, 6.07) is 27.8. The summed E-state index contributed by atoms with van der Waals surface area (Å²) in [7, 11) is 0. The number of aliphatic hydroxyl groups excluding tert-OH is 1. The van der Waals surface area contributed by atoms with Crippen molar-refractivity contribution in [1.82, 2.24) is 10.3 Å². The lowest BCUT2D eigenvalue weighted by atomic mass is 9.99. The van der Waals surface area contributed by atoms with Crippen LogP contribution in [0.15, 0.2) is 102 Å². The summed E-state index contributed by atoms with van der Waals surface area (Å²) in [6.07, 6.45) is 1.31. The van der Waals surface area contributed by atoms with E-state index in [4.69, 9.17) is 9.47 Å². The van der Waals surface area contributed by atoms with Gasteiger partial charge in [-0.2, -0.15) is 0 Å². The third-order valence-corrected chi connectivity index (χ3v) is 9.08. The van der Waals surface area contributed by atoms with Crippen molar-refractivity contribution in [3.05, 3.63) is 154 Å². The van der Waals surface area contributed by atoms with Crippen LogP contribution in [0.5, 0.6) is 0 Å². The number of halogens is 5. The number of nitrogens with one attached hydrogen (secondary N) is 1. The van der Waals surface area contributed by atoms with Gasteiger partial charge < -0.3 is 19.9 Å². The number of carbonyl (C=O) groups is 1. The van der Waals surface area contributed by atoms with Crippen molar-refractivity contribution in [3.8, 4) is 11.1 Å². The number of carbonyl (C=O) groups excluding carboxylic acids is 1. The van der Waals surface area contributed by atoms with Crippen LogP contribution < -0.4 is 5.32 Å². The fourth-order valence-electron chi connectivity index (χ4n) is 5.40. The van der Waals surface area contributed by atoms with E-state index in [0.29, 0.717) is 17.7 Å². The number of aliphatic hydroxyl groups is 1. The molecule has 6 nitrogen and oxygen atoms in total. The van der Waals surface area contributed by atoms with Crippen molar-refractivity contribution < 1.29 is 41.3 Å². The summed E-state index contributed by atoms with van der Waals surface area (Å²) in [5.41, 5.74) is 3.12. The second-order valence-electron chi connectivity index (χ2n) is 11.3. The van der Waals surface area contributed by atoms with Crippen molar-refractivity contribution >= 4 is 17.7 Å². The highest BCUT2D eigenvalue weighted by molar-refractivity contribution is 7.99. The van der Waals surface area contributed by atoms with Gasteiger partial charge in [0.15, 0.2) is 29.6 Å². The fourth-order valence-corrected chi connectivity index (χ4v) is 6.28. The van der Waals surface area contributed by atoms with Gasteiger partial charge >= 0.3 is 0 Å². The summed E-state index contributed by atoms with van der Waals surface area (Å²) >= 11 is 1.60. The molecule has 1 amide bonds. The van der Waals surface area contributed by atoms with E-state index in [-0.39, 0.29) is 25.4 Å². The molecular formula is C37H29F5N2O4S. The van der Waals surface area contributed by atoms with Crippen LogP contribution in [0, 0.1) is 29.1 Å². The predicted octanol–water partition coefficient (Wildman–Crippen LogP) is 8.20. The number of ether oxygens (including phenoxy) is 2. The molecule has 0 aliphatic carbocycles. The Morgan fingerprint density at radius 1 is 0.776 bits per heavy atom. The molecule has 0 saturated carbocycles. The minimum Gasteiger partial charge on any atom is -0.392 e. The van der Waals surface area contributed by atoms with Gasteiger partial charge in [0, 0.05) is 30.5 Å². The maximum Gasteiger partial charge on any atom is 0.257 e. The van der Waals surface area contributed by atoms with E-state index in [9.17, 15) is 31.9 Å². The van der Waals surface area contributed by atoms with Gasteiger partial charge in [-0.05, 0) is 46.0 Å². The SMILES string of the molecule is O=C(NCc1cccc(-c2ccc([C@H]3O[C@@H](CSc4ccccn4)C[C@@H](c4ccc(CO)cc4)O3)cc2)c1)c1c(F)c(F)c(F)c(F)c1F. The van der Waals surface area contributed by atoms with E-state index in [0.717, 1.165) is 32.8 Å². The number of hydrogen-bond acceptors (Lipinski definition) is 6. The van der Waals surface area contributed by atoms with Gasteiger partial charge in [0.05, 0.1) is 23.8 Å². The van der Waals surface area contributed by atoms with E-state index < -0.39 is 46.8 Å². The second kappa shape index (κ2) is 15.3. The Labute approximate surface area is 282 Å². The molecule has 2 heterocycles. The quantitative estimate of drug-likeness (QED) is 0.0665. The van der Waals surface area contributed by atoms with E-state index in [2.05, 4.69) is 10.3 Å². The van der Waals surface area contributed by atoms with Crippen molar-refractivity contribution in [2.75, 3.05) is 5.75 Å². The highest BCUT2D eigenvalue weighted by Crippen LogP contribution is 2.40. The molecule has 12 heteroatoms. The lowest BCUT2D eigenvalue weighted by Gasteiger charge is -2.36. The van der Waals surface area contributed by atoms with Crippen molar-refractivity contribution in [3.63, 3.8) is 0 Å². The monoisotopic (exact) mass is 692 g/mol. The average Bonchev–Trinajstić information content (AvgIpc) is 3.15. The van der Waals surface area contributed by atoms with Gasteiger partial charge in [-0.25, -0.2) is 26.9 Å². The highest BCUT2D eigenvalue weighted by Gasteiger charge is 2.33. The molecule has 49 heavy (non-hydrogen) atoms. The molecule has 1 aromatic heterocycles. The molecule has 0 unspecified atom stereocenters. The van der Waals surface area contributed by atoms with Gasteiger partial charge in [-0.1, -0.05) is 72.8 Å². The van der Waals surface area contributed by atoms with Gasteiger partial charge in [0.2, 0.25) is 5.82 Å². The van der Waals surface area contributed by atoms with Gasteiger partial charge in [0.25, 0.3) is 5.91 Å². The first-order valence-corrected chi connectivity index (χ1v) is 16.2. The summed E-state index contributed by atoms with van der Waals surface area (Å²) in [5.74, 6) is -11.9. The number of thioether (sulfide) groups is 1. The molecular weight excluding hydrogens is 663 g/mol. The number of pyridine rings is 1. The minimum absolute atomic E-state index is 0.0524. The largest absolute Gasteiger partial charge is 0.392 e. The lowest BCUT2D eigenvalue weighted by molar-refractivity contribution is -0.245. The predicted molar refractivity (Wildman–Crippen MR) is 173 cm³/mol. The third-order valence-electron chi connectivity index (χ3n) is 8.00. The molecule has 1 aliphatic rings. The Hall–Kier alpha value is -4.62. The van der Waals surface area contributed by atoms with Crippen LogP contribution in [0.2, 0.25) is 0 Å². The Morgan fingerprint density at radius 3 is 2.14 bits per heavy atom. The van der Waals surface area contributed by atoms with Crippen LogP contribution in [-0.2, 0) is 22.6 Å². The number of benzene rings is 4. The first-order chi connectivity index (χ1) is 23.7. The number of hydrogen-bond donors (Lipinski definition) is 2. The summed E-state index contributed by atoms with van der Waals surface area (Å²) < 4.78 is 81.6. The Bertz CT molecular complexity index is 1900. The van der Waals surface area contributed by atoms with E-state index >= 15 is 0 Å².